The molecule has 0 atom stereocenters. The molecule has 1 aromatic carbocycles. The van der Waals surface area contributed by atoms with Crippen molar-refractivity contribution in [2.45, 2.75) is 63.7 Å². The standard InChI is InChI=1S/C21H28ClN3O2S/c1-13(2)25-20(27)17-10-7-15(22)11-18(17)23-21(25)28-12-19(26)24(4)16-8-5-14(3)6-9-16/h7,10-11,13-14,16H,5-6,8-9,12H2,1-4H3. The molecule has 0 N–H and O–H groups in total. The zero-order valence-electron chi connectivity index (χ0n) is 16.9. The van der Waals surface area contributed by atoms with E-state index in [9.17, 15) is 9.59 Å². The van der Waals surface area contributed by atoms with Gasteiger partial charge in [-0.05, 0) is 63.6 Å². The minimum atomic E-state index is -0.0961. The summed E-state index contributed by atoms with van der Waals surface area (Å²) in [6.45, 7) is 6.18. The van der Waals surface area contributed by atoms with Crippen LogP contribution < -0.4 is 5.56 Å². The van der Waals surface area contributed by atoms with Crippen molar-refractivity contribution >= 4 is 40.2 Å². The highest BCUT2D eigenvalue weighted by Gasteiger charge is 2.25. The lowest BCUT2D eigenvalue weighted by Crippen LogP contribution is -2.40. The maximum absolute atomic E-state index is 12.9. The second-order valence-corrected chi connectivity index (χ2v) is 9.41. The summed E-state index contributed by atoms with van der Waals surface area (Å²) in [4.78, 5) is 32.2. The van der Waals surface area contributed by atoms with E-state index < -0.39 is 0 Å². The number of aromatic nitrogens is 2. The maximum Gasteiger partial charge on any atom is 0.262 e. The molecule has 3 rings (SSSR count). The molecule has 152 valence electrons. The topological polar surface area (TPSA) is 55.2 Å². The fourth-order valence-corrected chi connectivity index (χ4v) is 4.99. The first-order valence-electron chi connectivity index (χ1n) is 9.88. The predicted octanol–water partition coefficient (Wildman–Crippen LogP) is 4.76. The molecule has 0 aliphatic heterocycles. The van der Waals surface area contributed by atoms with Crippen LogP contribution in [0, 0.1) is 5.92 Å². The van der Waals surface area contributed by atoms with Gasteiger partial charge in [0.2, 0.25) is 5.91 Å². The Hall–Kier alpha value is -1.53. The molecule has 1 amide bonds. The van der Waals surface area contributed by atoms with Gasteiger partial charge in [0.05, 0.1) is 16.7 Å². The minimum absolute atomic E-state index is 0.0461. The van der Waals surface area contributed by atoms with Gasteiger partial charge in [0, 0.05) is 24.2 Å². The summed E-state index contributed by atoms with van der Waals surface area (Å²) in [5, 5.41) is 1.65. The number of hydrogen-bond acceptors (Lipinski definition) is 4. The van der Waals surface area contributed by atoms with Crippen molar-refractivity contribution in [1.82, 2.24) is 14.5 Å². The second-order valence-electron chi connectivity index (χ2n) is 8.03. The zero-order valence-corrected chi connectivity index (χ0v) is 18.5. The fourth-order valence-electron chi connectivity index (χ4n) is 3.77. The van der Waals surface area contributed by atoms with Gasteiger partial charge in [-0.15, -0.1) is 0 Å². The van der Waals surface area contributed by atoms with E-state index in [-0.39, 0.29) is 23.3 Å². The molecule has 0 bridgehead atoms. The highest BCUT2D eigenvalue weighted by atomic mass is 35.5. The summed E-state index contributed by atoms with van der Waals surface area (Å²) in [5.41, 5.74) is 0.472. The third kappa shape index (κ3) is 4.54. The van der Waals surface area contributed by atoms with E-state index in [1.165, 1.54) is 24.6 Å². The predicted molar refractivity (Wildman–Crippen MR) is 116 cm³/mol. The van der Waals surface area contributed by atoms with Crippen molar-refractivity contribution in [2.24, 2.45) is 5.92 Å². The van der Waals surface area contributed by atoms with Crippen molar-refractivity contribution in [2.75, 3.05) is 12.8 Å². The van der Waals surface area contributed by atoms with Crippen LogP contribution in [0.15, 0.2) is 28.2 Å². The Balaban J connectivity index is 1.80. The zero-order chi connectivity index (χ0) is 20.4. The Morgan fingerprint density at radius 2 is 2.00 bits per heavy atom. The van der Waals surface area contributed by atoms with E-state index in [1.807, 2.05) is 25.8 Å². The third-order valence-corrected chi connectivity index (χ3v) is 6.77. The van der Waals surface area contributed by atoms with Gasteiger partial charge in [-0.1, -0.05) is 30.3 Å². The van der Waals surface area contributed by atoms with E-state index in [0.29, 0.717) is 27.1 Å². The molecule has 1 aromatic heterocycles. The van der Waals surface area contributed by atoms with E-state index >= 15 is 0 Å². The SMILES string of the molecule is CC1CCC(N(C)C(=O)CSc2nc3cc(Cl)ccc3c(=O)n2C(C)C)CC1. The van der Waals surface area contributed by atoms with Crippen molar-refractivity contribution in [3.63, 3.8) is 0 Å². The molecule has 1 aliphatic rings. The Morgan fingerprint density at radius 1 is 1.32 bits per heavy atom. The summed E-state index contributed by atoms with van der Waals surface area (Å²) >= 11 is 7.40. The molecule has 2 aromatic rings. The molecule has 28 heavy (non-hydrogen) atoms. The van der Waals surface area contributed by atoms with Gasteiger partial charge < -0.3 is 4.90 Å². The first-order valence-corrected chi connectivity index (χ1v) is 11.2. The van der Waals surface area contributed by atoms with Crippen LogP contribution in [0.1, 0.15) is 52.5 Å². The second kappa shape index (κ2) is 8.87. The number of carbonyl (C=O) groups excluding carboxylic acids is 1. The fraction of sp³-hybridized carbons (Fsp3) is 0.571. The van der Waals surface area contributed by atoms with Crippen LogP contribution in [0.25, 0.3) is 10.9 Å². The third-order valence-electron chi connectivity index (χ3n) is 5.60. The number of nitrogens with zero attached hydrogens (tertiary/aromatic N) is 3. The molecular formula is C21H28ClN3O2S. The van der Waals surface area contributed by atoms with Gasteiger partial charge in [0.1, 0.15) is 0 Å². The van der Waals surface area contributed by atoms with Crippen LogP contribution in [0.5, 0.6) is 0 Å². The molecule has 0 saturated heterocycles. The van der Waals surface area contributed by atoms with Crippen molar-refractivity contribution < 1.29 is 4.79 Å². The number of thioether (sulfide) groups is 1. The highest BCUT2D eigenvalue weighted by molar-refractivity contribution is 7.99. The van der Waals surface area contributed by atoms with Crippen LogP contribution in [-0.2, 0) is 4.79 Å². The molecule has 7 heteroatoms. The summed E-state index contributed by atoms with van der Waals surface area (Å²) in [6, 6.07) is 5.39. The number of hydrogen-bond donors (Lipinski definition) is 0. The van der Waals surface area contributed by atoms with Gasteiger partial charge in [-0.3, -0.25) is 14.2 Å². The Kier molecular flexibility index (Phi) is 6.71. The average Bonchev–Trinajstić information content (AvgIpc) is 2.65. The Labute approximate surface area is 175 Å². The van der Waals surface area contributed by atoms with Gasteiger partial charge in [-0.2, -0.15) is 0 Å². The molecule has 1 heterocycles. The van der Waals surface area contributed by atoms with Crippen LogP contribution in [-0.4, -0.2) is 39.2 Å². The van der Waals surface area contributed by atoms with Crippen molar-refractivity contribution in [1.29, 1.82) is 0 Å². The summed E-state index contributed by atoms with van der Waals surface area (Å²) in [5.74, 6) is 1.11. The number of benzene rings is 1. The summed E-state index contributed by atoms with van der Waals surface area (Å²) < 4.78 is 1.66. The highest BCUT2D eigenvalue weighted by Crippen LogP contribution is 2.28. The molecular weight excluding hydrogens is 394 g/mol. The van der Waals surface area contributed by atoms with E-state index in [4.69, 9.17) is 11.6 Å². The lowest BCUT2D eigenvalue weighted by Gasteiger charge is -2.33. The van der Waals surface area contributed by atoms with Gasteiger partial charge in [0.25, 0.3) is 5.56 Å². The Bertz CT molecular complexity index is 920. The molecule has 1 aliphatic carbocycles. The smallest absolute Gasteiger partial charge is 0.262 e. The first-order chi connectivity index (χ1) is 13.3. The van der Waals surface area contributed by atoms with Crippen LogP contribution in [0.4, 0.5) is 0 Å². The number of carbonyl (C=O) groups is 1. The molecule has 0 radical (unpaired) electrons. The monoisotopic (exact) mass is 421 g/mol. The summed E-state index contributed by atoms with van der Waals surface area (Å²) in [6.07, 6.45) is 4.49. The molecule has 0 spiro atoms. The van der Waals surface area contributed by atoms with Crippen LogP contribution in [0.2, 0.25) is 5.02 Å². The van der Waals surface area contributed by atoms with Gasteiger partial charge >= 0.3 is 0 Å². The largest absolute Gasteiger partial charge is 0.342 e. The summed E-state index contributed by atoms with van der Waals surface area (Å²) in [7, 11) is 1.90. The van der Waals surface area contributed by atoms with Gasteiger partial charge in [0.15, 0.2) is 5.16 Å². The maximum atomic E-state index is 12.9. The number of rotatable bonds is 5. The average molecular weight is 422 g/mol. The first kappa shape index (κ1) is 21.2. The molecule has 5 nitrogen and oxygen atoms in total. The number of amides is 1. The van der Waals surface area contributed by atoms with E-state index in [0.717, 1.165) is 18.8 Å². The quantitative estimate of drug-likeness (QED) is 0.515. The normalized spacial score (nSPS) is 19.9. The van der Waals surface area contributed by atoms with Crippen LogP contribution >= 0.6 is 23.4 Å². The van der Waals surface area contributed by atoms with Crippen LogP contribution in [0.3, 0.4) is 0 Å². The lowest BCUT2D eigenvalue weighted by molar-refractivity contribution is -0.129. The van der Waals surface area contributed by atoms with E-state index in [1.54, 1.807) is 22.8 Å². The van der Waals surface area contributed by atoms with Crippen molar-refractivity contribution in [3.05, 3.63) is 33.6 Å². The Morgan fingerprint density at radius 3 is 2.64 bits per heavy atom. The minimum Gasteiger partial charge on any atom is -0.342 e. The van der Waals surface area contributed by atoms with E-state index in [2.05, 4.69) is 11.9 Å². The molecule has 1 saturated carbocycles. The molecule has 1 fully saturated rings. The lowest BCUT2D eigenvalue weighted by atomic mass is 9.87. The van der Waals surface area contributed by atoms with Gasteiger partial charge in [-0.25, -0.2) is 4.98 Å². The van der Waals surface area contributed by atoms with Crippen molar-refractivity contribution in [3.8, 4) is 0 Å². The number of halogens is 1. The number of fused-ring (bicyclic) bond motifs is 1. The molecule has 0 unspecified atom stereocenters.